The van der Waals surface area contributed by atoms with Crippen LogP contribution in [0.4, 0.5) is 11.4 Å². The second-order valence-electron chi connectivity index (χ2n) is 4.26. The van der Waals surface area contributed by atoms with E-state index in [-0.39, 0.29) is 6.42 Å². The maximum atomic E-state index is 11.2. The largest absolute Gasteiger partial charge is 0.480 e. The number of hydrogen-bond acceptors (Lipinski definition) is 5. The van der Waals surface area contributed by atoms with Crippen molar-refractivity contribution in [3.05, 3.63) is 23.8 Å². The van der Waals surface area contributed by atoms with Gasteiger partial charge in [-0.2, -0.15) is 0 Å². The summed E-state index contributed by atoms with van der Waals surface area (Å²) in [5.74, 6) is -1.06. The lowest BCUT2D eigenvalue weighted by Gasteiger charge is -2.24. The van der Waals surface area contributed by atoms with Gasteiger partial charge in [0.05, 0.1) is 23.5 Å². The first kappa shape index (κ1) is 12.6. The molecule has 1 atom stereocenters. The summed E-state index contributed by atoms with van der Waals surface area (Å²) < 4.78 is 6.11. The van der Waals surface area contributed by atoms with Crippen molar-refractivity contribution < 1.29 is 14.7 Å². The van der Waals surface area contributed by atoms with Gasteiger partial charge >= 0.3 is 5.97 Å². The van der Waals surface area contributed by atoms with E-state index >= 15 is 0 Å². The van der Waals surface area contributed by atoms with Gasteiger partial charge in [0.1, 0.15) is 5.54 Å². The first-order valence-corrected chi connectivity index (χ1v) is 6.12. The predicted molar refractivity (Wildman–Crippen MR) is 70.2 cm³/mol. The highest BCUT2D eigenvalue weighted by molar-refractivity contribution is 8.02. The van der Waals surface area contributed by atoms with E-state index in [1.165, 1.54) is 19.1 Å². The zero-order chi connectivity index (χ0) is 13.2. The van der Waals surface area contributed by atoms with Crippen LogP contribution >= 0.6 is 12.1 Å². The number of carboxylic acid groups (broad SMARTS) is 1. The summed E-state index contributed by atoms with van der Waals surface area (Å²) in [4.78, 5) is 21.7. The Balaban J connectivity index is 2.22. The molecule has 7 heteroatoms. The lowest BCUT2D eigenvalue weighted by molar-refractivity contribution is -0.145. The van der Waals surface area contributed by atoms with Crippen LogP contribution in [0.15, 0.2) is 18.2 Å². The maximum Gasteiger partial charge on any atom is 0.329 e. The first-order valence-electron chi connectivity index (χ1n) is 5.31. The molecule has 1 aromatic rings. The van der Waals surface area contributed by atoms with E-state index in [2.05, 4.69) is 14.8 Å². The van der Waals surface area contributed by atoms with Gasteiger partial charge in [-0.15, -0.1) is 0 Å². The fourth-order valence-electron chi connectivity index (χ4n) is 1.74. The monoisotopic (exact) mass is 267 g/mol. The number of carbonyl (C=O) groups excluding carboxylic acids is 1. The van der Waals surface area contributed by atoms with Crippen molar-refractivity contribution in [2.75, 3.05) is 9.44 Å². The molecule has 18 heavy (non-hydrogen) atoms. The second kappa shape index (κ2) is 4.77. The summed E-state index contributed by atoms with van der Waals surface area (Å²) in [5.41, 5.74) is 1.42. The number of fused-ring (bicyclic) bond motifs is 1. The van der Waals surface area contributed by atoms with Crippen LogP contribution in [-0.4, -0.2) is 23.0 Å². The number of hydrogen-bond donors (Lipinski definition) is 4. The molecular formula is C11H13N3O3S. The molecule has 0 aliphatic carbocycles. The van der Waals surface area contributed by atoms with E-state index < -0.39 is 11.5 Å². The quantitative estimate of drug-likeness (QED) is 0.474. The minimum atomic E-state index is -1.30. The van der Waals surface area contributed by atoms with Crippen molar-refractivity contribution in [3.8, 4) is 0 Å². The van der Waals surface area contributed by atoms with Gasteiger partial charge in [-0.05, 0) is 24.6 Å². The minimum Gasteiger partial charge on any atom is -0.480 e. The molecule has 0 fully saturated rings. The average Bonchev–Trinajstić information content (AvgIpc) is 2.76. The van der Waals surface area contributed by atoms with Crippen LogP contribution in [0.25, 0.3) is 0 Å². The van der Waals surface area contributed by atoms with E-state index in [0.717, 1.165) is 16.9 Å². The van der Waals surface area contributed by atoms with Crippen LogP contribution < -0.4 is 14.8 Å². The van der Waals surface area contributed by atoms with Crippen molar-refractivity contribution in [1.29, 1.82) is 0 Å². The molecule has 6 nitrogen and oxygen atoms in total. The van der Waals surface area contributed by atoms with Crippen molar-refractivity contribution in [2.24, 2.45) is 0 Å². The number of rotatable bonds is 5. The van der Waals surface area contributed by atoms with Crippen LogP contribution in [0, 0.1) is 0 Å². The van der Waals surface area contributed by atoms with E-state index in [1.54, 1.807) is 0 Å². The second-order valence-corrected chi connectivity index (χ2v) is 4.87. The Hall–Kier alpha value is -1.89. The Morgan fingerprint density at radius 2 is 2.22 bits per heavy atom. The van der Waals surface area contributed by atoms with Crippen molar-refractivity contribution in [1.82, 2.24) is 5.32 Å². The van der Waals surface area contributed by atoms with Gasteiger partial charge < -0.3 is 19.9 Å². The molecule has 4 N–H and O–H groups in total. The standard InChI is InChI=1S/C11H13N3O3S/c1-11(10(16)17,12-6-15)5-7-2-3-8-9(4-7)14-18-13-8/h2-4,6,13-14H,5H2,1H3,(H,12,15)(H,16,17)/t11-/m0/s1. The zero-order valence-corrected chi connectivity index (χ0v) is 10.5. The summed E-state index contributed by atoms with van der Waals surface area (Å²) in [7, 11) is 0. The first-order chi connectivity index (χ1) is 8.55. The highest BCUT2D eigenvalue weighted by atomic mass is 32.2. The molecule has 0 aromatic heterocycles. The molecule has 0 spiro atoms. The number of nitrogens with one attached hydrogen (secondary N) is 3. The molecular weight excluding hydrogens is 254 g/mol. The molecule has 1 heterocycles. The zero-order valence-electron chi connectivity index (χ0n) is 9.69. The third-order valence-electron chi connectivity index (χ3n) is 2.81. The van der Waals surface area contributed by atoms with Gasteiger partial charge in [0, 0.05) is 6.42 Å². The van der Waals surface area contributed by atoms with Gasteiger partial charge in [0.2, 0.25) is 6.41 Å². The molecule has 0 unspecified atom stereocenters. The summed E-state index contributed by atoms with van der Waals surface area (Å²) in [6.45, 7) is 1.48. The fourth-order valence-corrected chi connectivity index (χ4v) is 2.35. The Bertz CT molecular complexity index is 494. The summed E-state index contributed by atoms with van der Waals surface area (Å²) in [6, 6.07) is 5.59. The van der Waals surface area contributed by atoms with Gasteiger partial charge in [0.15, 0.2) is 0 Å². The molecule has 0 bridgehead atoms. The summed E-state index contributed by atoms with van der Waals surface area (Å²) in [5, 5.41) is 11.5. The van der Waals surface area contributed by atoms with Crippen LogP contribution in [0.1, 0.15) is 12.5 Å². The normalized spacial score (nSPS) is 15.8. The molecule has 1 aliphatic rings. The van der Waals surface area contributed by atoms with E-state index in [0.29, 0.717) is 6.41 Å². The number of aliphatic carboxylic acids is 1. The number of amides is 1. The van der Waals surface area contributed by atoms with Crippen LogP contribution in [0.5, 0.6) is 0 Å². The number of anilines is 2. The lowest BCUT2D eigenvalue weighted by Crippen LogP contribution is -2.50. The summed E-state index contributed by atoms with van der Waals surface area (Å²) >= 11 is 1.36. The number of carbonyl (C=O) groups is 2. The molecule has 1 aromatic carbocycles. The molecule has 1 aliphatic heterocycles. The highest BCUT2D eigenvalue weighted by Gasteiger charge is 2.33. The Kier molecular flexibility index (Phi) is 3.33. The summed E-state index contributed by atoms with van der Waals surface area (Å²) in [6.07, 6.45) is 0.637. The third-order valence-corrected chi connectivity index (χ3v) is 3.46. The van der Waals surface area contributed by atoms with Gasteiger partial charge in [-0.25, -0.2) is 4.79 Å². The molecule has 0 radical (unpaired) electrons. The van der Waals surface area contributed by atoms with Gasteiger partial charge in [-0.3, -0.25) is 4.79 Å². The van der Waals surface area contributed by atoms with Crippen LogP contribution in [0.3, 0.4) is 0 Å². The average molecular weight is 267 g/mol. The fraction of sp³-hybridized carbons (Fsp3) is 0.273. The smallest absolute Gasteiger partial charge is 0.329 e. The molecule has 96 valence electrons. The van der Waals surface area contributed by atoms with E-state index in [9.17, 15) is 9.59 Å². The van der Waals surface area contributed by atoms with E-state index in [1.807, 2.05) is 18.2 Å². The Morgan fingerprint density at radius 1 is 1.50 bits per heavy atom. The van der Waals surface area contributed by atoms with E-state index in [4.69, 9.17) is 5.11 Å². The van der Waals surface area contributed by atoms with Crippen LogP contribution in [-0.2, 0) is 16.0 Å². The lowest BCUT2D eigenvalue weighted by atomic mass is 9.92. The van der Waals surface area contributed by atoms with Gasteiger partial charge in [-0.1, -0.05) is 6.07 Å². The predicted octanol–water partition coefficient (Wildman–Crippen LogP) is 1.22. The third kappa shape index (κ3) is 2.35. The Labute approximate surface area is 108 Å². The molecule has 1 amide bonds. The highest BCUT2D eigenvalue weighted by Crippen LogP contribution is 2.33. The van der Waals surface area contributed by atoms with Crippen LogP contribution in [0.2, 0.25) is 0 Å². The molecule has 0 saturated heterocycles. The number of benzene rings is 1. The van der Waals surface area contributed by atoms with Crippen molar-refractivity contribution >= 4 is 35.9 Å². The number of carboxylic acids is 1. The van der Waals surface area contributed by atoms with Gasteiger partial charge in [0.25, 0.3) is 0 Å². The van der Waals surface area contributed by atoms with Crippen molar-refractivity contribution in [2.45, 2.75) is 18.9 Å². The van der Waals surface area contributed by atoms with Crippen molar-refractivity contribution in [3.63, 3.8) is 0 Å². The Morgan fingerprint density at radius 3 is 2.89 bits per heavy atom. The minimum absolute atomic E-state index is 0.223. The molecule has 2 rings (SSSR count). The SMILES string of the molecule is C[C@@](Cc1ccc2c(c1)NSN2)(NC=O)C(=O)O. The molecule has 0 saturated carbocycles. The maximum absolute atomic E-state index is 11.2. The topological polar surface area (TPSA) is 90.5 Å².